The fourth-order valence-corrected chi connectivity index (χ4v) is 7.07. The third-order valence-corrected chi connectivity index (χ3v) is 9.74. The zero-order valence-electron chi connectivity index (χ0n) is 21.0. The normalized spacial score (nSPS) is 25.0. The maximum Gasteiger partial charge on any atom is 0.256 e. The summed E-state index contributed by atoms with van der Waals surface area (Å²) in [5.41, 5.74) is 0.890. The SMILES string of the molecule is C=CC[C@@]1(C)C[C@H](c2cccc(Cl)c2)[C@@H](c2ccc(Cl)cc2)N([C@H](CC)C(=O)NS(=O)(=O)C2CC2)C1=O. The molecule has 0 spiro atoms. The van der Waals surface area contributed by atoms with Gasteiger partial charge in [-0.2, -0.15) is 0 Å². The van der Waals surface area contributed by atoms with Crippen molar-refractivity contribution in [3.05, 3.63) is 82.4 Å². The first-order valence-electron chi connectivity index (χ1n) is 12.5. The highest BCUT2D eigenvalue weighted by molar-refractivity contribution is 7.90. The van der Waals surface area contributed by atoms with Gasteiger partial charge in [0, 0.05) is 16.0 Å². The number of rotatable bonds is 9. The van der Waals surface area contributed by atoms with Crippen LogP contribution in [0.15, 0.2) is 61.2 Å². The number of sulfonamides is 1. The monoisotopic (exact) mass is 562 g/mol. The van der Waals surface area contributed by atoms with Gasteiger partial charge in [0.1, 0.15) is 6.04 Å². The summed E-state index contributed by atoms with van der Waals surface area (Å²) in [6.45, 7) is 7.53. The van der Waals surface area contributed by atoms with Crippen LogP contribution < -0.4 is 4.72 Å². The molecule has 2 fully saturated rings. The van der Waals surface area contributed by atoms with E-state index in [1.165, 1.54) is 0 Å². The van der Waals surface area contributed by atoms with Gasteiger partial charge >= 0.3 is 0 Å². The minimum absolute atomic E-state index is 0.212. The van der Waals surface area contributed by atoms with Gasteiger partial charge in [-0.3, -0.25) is 14.3 Å². The van der Waals surface area contributed by atoms with E-state index in [-0.39, 0.29) is 18.2 Å². The first kappa shape index (κ1) is 27.7. The second kappa shape index (κ2) is 10.8. The molecule has 6 nitrogen and oxygen atoms in total. The lowest BCUT2D eigenvalue weighted by atomic mass is 9.67. The van der Waals surface area contributed by atoms with Crippen LogP contribution in [0, 0.1) is 5.41 Å². The number of hydrogen-bond donors (Lipinski definition) is 1. The van der Waals surface area contributed by atoms with Crippen molar-refractivity contribution in [2.75, 3.05) is 0 Å². The highest BCUT2D eigenvalue weighted by atomic mass is 35.5. The number of nitrogens with one attached hydrogen (secondary N) is 1. The summed E-state index contributed by atoms with van der Waals surface area (Å²) in [7, 11) is -3.78. The van der Waals surface area contributed by atoms with Crippen molar-refractivity contribution in [2.24, 2.45) is 5.41 Å². The highest BCUT2D eigenvalue weighted by Gasteiger charge is 2.52. The predicted octanol–water partition coefficient (Wildman–Crippen LogP) is 6.02. The molecule has 198 valence electrons. The predicted molar refractivity (Wildman–Crippen MR) is 147 cm³/mol. The van der Waals surface area contributed by atoms with Gasteiger partial charge < -0.3 is 4.90 Å². The van der Waals surface area contributed by atoms with Crippen molar-refractivity contribution in [1.82, 2.24) is 9.62 Å². The Hall–Kier alpha value is -2.35. The minimum Gasteiger partial charge on any atom is -0.323 e. The lowest BCUT2D eigenvalue weighted by molar-refractivity contribution is -0.158. The molecule has 2 aromatic rings. The molecule has 1 N–H and O–H groups in total. The Bertz CT molecular complexity index is 1290. The molecule has 2 aromatic carbocycles. The van der Waals surface area contributed by atoms with Gasteiger partial charge in [0.15, 0.2) is 0 Å². The Morgan fingerprint density at radius 1 is 1.16 bits per heavy atom. The average Bonchev–Trinajstić information content (AvgIpc) is 3.69. The molecule has 0 aromatic heterocycles. The number of piperidine rings is 1. The van der Waals surface area contributed by atoms with Crippen molar-refractivity contribution in [1.29, 1.82) is 0 Å². The first-order valence-corrected chi connectivity index (χ1v) is 14.8. The van der Waals surface area contributed by atoms with Crippen molar-refractivity contribution in [3.63, 3.8) is 0 Å². The molecule has 1 aliphatic heterocycles. The highest BCUT2D eigenvalue weighted by Crippen LogP contribution is 2.52. The maximum absolute atomic E-state index is 14.2. The van der Waals surface area contributed by atoms with E-state index < -0.39 is 38.7 Å². The van der Waals surface area contributed by atoms with Gasteiger partial charge in [-0.1, -0.05) is 67.4 Å². The molecule has 0 radical (unpaired) electrons. The molecule has 0 bridgehead atoms. The van der Waals surface area contributed by atoms with Gasteiger partial charge in [0.2, 0.25) is 15.9 Å². The van der Waals surface area contributed by atoms with Crippen LogP contribution in [0.5, 0.6) is 0 Å². The number of amides is 2. The lowest BCUT2D eigenvalue weighted by Gasteiger charge is -2.51. The molecule has 1 aliphatic carbocycles. The Morgan fingerprint density at radius 2 is 1.84 bits per heavy atom. The molecule has 9 heteroatoms. The fourth-order valence-electron chi connectivity index (χ4n) is 5.41. The largest absolute Gasteiger partial charge is 0.323 e. The van der Waals surface area contributed by atoms with Gasteiger partial charge in [0.25, 0.3) is 5.91 Å². The maximum atomic E-state index is 14.2. The third kappa shape index (κ3) is 5.74. The van der Waals surface area contributed by atoms with Crippen LogP contribution in [0.1, 0.15) is 69.0 Å². The van der Waals surface area contributed by atoms with Crippen LogP contribution in [0.2, 0.25) is 10.0 Å². The standard InChI is InChI=1S/C28H32Cl2N2O4S/c1-4-15-28(3)17-23(19-7-6-8-21(30)16-19)25(18-9-11-20(29)12-10-18)32(27(28)34)24(5-2)26(33)31-37(35,36)22-13-14-22/h4,6-12,16,22-25H,1,5,13-15,17H2,2-3H3,(H,31,33)/t23-,24-,25-,28+/m1/s1. The zero-order valence-corrected chi connectivity index (χ0v) is 23.3. The molecular weight excluding hydrogens is 531 g/mol. The van der Waals surface area contributed by atoms with Crippen LogP contribution in [0.3, 0.4) is 0 Å². The summed E-state index contributed by atoms with van der Waals surface area (Å²) >= 11 is 12.6. The number of allylic oxidation sites excluding steroid dienone is 1. The van der Waals surface area contributed by atoms with Crippen molar-refractivity contribution >= 4 is 45.0 Å². The molecule has 1 saturated heterocycles. The summed E-state index contributed by atoms with van der Waals surface area (Å²) in [4.78, 5) is 29.4. The van der Waals surface area contributed by atoms with E-state index in [0.29, 0.717) is 35.7 Å². The molecule has 2 amide bonds. The second-order valence-corrected chi connectivity index (χ2v) is 13.1. The van der Waals surface area contributed by atoms with Crippen molar-refractivity contribution < 1.29 is 18.0 Å². The molecule has 1 heterocycles. The Kier molecular flexibility index (Phi) is 8.07. The van der Waals surface area contributed by atoms with Gasteiger partial charge in [0.05, 0.1) is 16.7 Å². The van der Waals surface area contributed by atoms with Crippen LogP contribution in [0.4, 0.5) is 0 Å². The Labute approximate surface area is 229 Å². The van der Waals surface area contributed by atoms with Crippen molar-refractivity contribution in [3.8, 4) is 0 Å². The third-order valence-electron chi connectivity index (χ3n) is 7.42. The van der Waals surface area contributed by atoms with Crippen LogP contribution in [-0.2, 0) is 19.6 Å². The van der Waals surface area contributed by atoms with Crippen LogP contribution in [-0.4, -0.2) is 36.4 Å². The number of carbonyl (C=O) groups is 2. The lowest BCUT2D eigenvalue weighted by Crippen LogP contribution is -2.59. The molecule has 4 rings (SSSR count). The van der Waals surface area contributed by atoms with Gasteiger partial charge in [-0.15, -0.1) is 6.58 Å². The van der Waals surface area contributed by atoms with E-state index in [2.05, 4.69) is 11.3 Å². The summed E-state index contributed by atoms with van der Waals surface area (Å²) in [6.07, 6.45) is 3.93. The summed E-state index contributed by atoms with van der Waals surface area (Å²) in [6, 6.07) is 13.2. The molecule has 4 atom stereocenters. The van der Waals surface area contributed by atoms with E-state index in [4.69, 9.17) is 23.2 Å². The number of nitrogens with zero attached hydrogens (tertiary/aromatic N) is 1. The molecule has 37 heavy (non-hydrogen) atoms. The van der Waals surface area contributed by atoms with Crippen molar-refractivity contribution in [2.45, 2.75) is 69.2 Å². The number of likely N-dealkylation sites (tertiary alicyclic amines) is 1. The Balaban J connectivity index is 1.87. The quantitative estimate of drug-likeness (QED) is 0.379. The minimum atomic E-state index is -3.78. The number of carbonyl (C=O) groups excluding carboxylic acids is 2. The fraction of sp³-hybridized carbons (Fsp3) is 0.429. The zero-order chi connectivity index (χ0) is 27.0. The van der Waals surface area contributed by atoms with Crippen LogP contribution >= 0.6 is 23.2 Å². The molecule has 1 saturated carbocycles. The van der Waals surface area contributed by atoms with E-state index in [9.17, 15) is 18.0 Å². The molecule has 2 aliphatic rings. The smallest absolute Gasteiger partial charge is 0.256 e. The average molecular weight is 564 g/mol. The van der Waals surface area contributed by atoms with E-state index >= 15 is 0 Å². The first-order chi connectivity index (χ1) is 17.5. The summed E-state index contributed by atoms with van der Waals surface area (Å²) in [5.74, 6) is -1.12. The topological polar surface area (TPSA) is 83.6 Å². The molecule has 0 unspecified atom stereocenters. The summed E-state index contributed by atoms with van der Waals surface area (Å²) < 4.78 is 27.6. The number of benzene rings is 2. The summed E-state index contributed by atoms with van der Waals surface area (Å²) in [5, 5.41) is 0.568. The van der Waals surface area contributed by atoms with Gasteiger partial charge in [-0.05, 0) is 67.5 Å². The Morgan fingerprint density at radius 3 is 2.41 bits per heavy atom. The van der Waals surface area contributed by atoms with E-state index in [1.54, 1.807) is 36.1 Å². The number of hydrogen-bond acceptors (Lipinski definition) is 4. The second-order valence-electron chi connectivity index (χ2n) is 10.3. The molecular formula is C28H32Cl2N2O4S. The van der Waals surface area contributed by atoms with E-state index in [1.807, 2.05) is 37.3 Å². The number of halogens is 2. The van der Waals surface area contributed by atoms with Gasteiger partial charge in [-0.25, -0.2) is 8.42 Å². The van der Waals surface area contributed by atoms with Crippen LogP contribution in [0.25, 0.3) is 0 Å². The van der Waals surface area contributed by atoms with E-state index in [0.717, 1.165) is 11.1 Å².